The van der Waals surface area contributed by atoms with Crippen LogP contribution in [0.15, 0.2) is 103 Å². The number of allylic oxidation sites excluding steroid dienone is 1. The van der Waals surface area contributed by atoms with Gasteiger partial charge in [0.1, 0.15) is 11.2 Å². The molecule has 0 radical (unpaired) electrons. The summed E-state index contributed by atoms with van der Waals surface area (Å²) in [4.78, 5) is 26.4. The van der Waals surface area contributed by atoms with E-state index >= 15 is 0 Å². The van der Waals surface area contributed by atoms with Crippen LogP contribution in [0.25, 0.3) is 0 Å². The molecule has 4 nitrogen and oxygen atoms in total. The third-order valence-corrected chi connectivity index (χ3v) is 8.03. The summed E-state index contributed by atoms with van der Waals surface area (Å²) in [6, 6.07) is 31.0. The summed E-state index contributed by atoms with van der Waals surface area (Å²) in [5.41, 5.74) is -0.451. The predicted molar refractivity (Wildman–Crippen MR) is 153 cm³/mol. The fourth-order valence-corrected chi connectivity index (χ4v) is 6.51. The normalized spacial score (nSPS) is 13.1. The number of benzene rings is 3. The SMILES string of the molecule is CC(C)(C)OC(=O)C(/C=C/C(c1ccccc1)P(c1ccccc1)c1ccccc1)C(=O)OC(C)(C)C. The lowest BCUT2D eigenvalue weighted by molar-refractivity contribution is -0.171. The smallest absolute Gasteiger partial charge is 0.324 e. The first-order chi connectivity index (χ1) is 17.4. The molecule has 0 heterocycles. The molecule has 1 unspecified atom stereocenters. The summed E-state index contributed by atoms with van der Waals surface area (Å²) in [7, 11) is -0.905. The molecule has 0 bridgehead atoms. The van der Waals surface area contributed by atoms with Gasteiger partial charge in [-0.3, -0.25) is 9.59 Å². The van der Waals surface area contributed by atoms with E-state index in [1.54, 1.807) is 47.6 Å². The molecule has 3 aromatic rings. The summed E-state index contributed by atoms with van der Waals surface area (Å²) in [5.74, 6) is -2.41. The van der Waals surface area contributed by atoms with E-state index in [1.165, 1.54) is 10.6 Å². The highest BCUT2D eigenvalue weighted by molar-refractivity contribution is 7.73. The van der Waals surface area contributed by atoms with Crippen molar-refractivity contribution in [3.05, 3.63) is 109 Å². The molecule has 3 rings (SSSR count). The maximum Gasteiger partial charge on any atom is 0.324 e. The number of ether oxygens (including phenoxy) is 2. The largest absolute Gasteiger partial charge is 0.459 e. The number of rotatable bonds is 8. The topological polar surface area (TPSA) is 52.6 Å². The number of esters is 2. The molecule has 1 atom stereocenters. The highest BCUT2D eigenvalue weighted by Crippen LogP contribution is 2.50. The fraction of sp³-hybridized carbons (Fsp3) is 0.312. The second-order valence-electron chi connectivity index (χ2n) is 10.8. The molecule has 0 fully saturated rings. The van der Waals surface area contributed by atoms with Crippen LogP contribution in [0.3, 0.4) is 0 Å². The molecule has 37 heavy (non-hydrogen) atoms. The van der Waals surface area contributed by atoms with Crippen LogP contribution >= 0.6 is 7.92 Å². The summed E-state index contributed by atoms with van der Waals surface area (Å²) < 4.78 is 11.2. The Morgan fingerprint density at radius 2 is 1.00 bits per heavy atom. The van der Waals surface area contributed by atoms with E-state index in [2.05, 4.69) is 36.4 Å². The summed E-state index contributed by atoms with van der Waals surface area (Å²) in [5, 5.41) is 2.40. The van der Waals surface area contributed by atoms with Crippen LogP contribution in [0.5, 0.6) is 0 Å². The van der Waals surface area contributed by atoms with Gasteiger partial charge in [-0.25, -0.2) is 0 Å². The average Bonchev–Trinajstić information content (AvgIpc) is 2.83. The number of carbonyl (C=O) groups is 2. The van der Waals surface area contributed by atoms with E-state index in [9.17, 15) is 9.59 Å². The molecular formula is C32H37O4P. The molecule has 0 aliphatic rings. The summed E-state index contributed by atoms with van der Waals surface area (Å²) in [6.07, 6.45) is 3.65. The minimum atomic E-state index is -1.17. The van der Waals surface area contributed by atoms with Crippen molar-refractivity contribution in [3.63, 3.8) is 0 Å². The Morgan fingerprint density at radius 3 is 1.38 bits per heavy atom. The second-order valence-corrected chi connectivity index (χ2v) is 13.2. The highest BCUT2D eigenvalue weighted by Gasteiger charge is 2.34. The molecule has 194 valence electrons. The molecule has 0 aromatic heterocycles. The molecule has 0 N–H and O–H groups in total. The Hall–Kier alpha value is -3.23. The van der Waals surface area contributed by atoms with Crippen molar-refractivity contribution in [3.8, 4) is 0 Å². The first-order valence-electron chi connectivity index (χ1n) is 12.5. The van der Waals surface area contributed by atoms with Crippen molar-refractivity contribution < 1.29 is 19.1 Å². The van der Waals surface area contributed by atoms with Crippen molar-refractivity contribution in [1.29, 1.82) is 0 Å². The van der Waals surface area contributed by atoms with Gasteiger partial charge in [-0.2, -0.15) is 0 Å². The molecule has 0 aliphatic carbocycles. The van der Waals surface area contributed by atoms with E-state index in [0.29, 0.717) is 0 Å². The zero-order valence-electron chi connectivity index (χ0n) is 22.5. The van der Waals surface area contributed by atoms with Gasteiger partial charge in [-0.1, -0.05) is 103 Å². The molecule has 5 heteroatoms. The Morgan fingerprint density at radius 1 is 0.622 bits per heavy atom. The van der Waals surface area contributed by atoms with E-state index in [4.69, 9.17) is 9.47 Å². The fourth-order valence-electron chi connectivity index (χ4n) is 3.84. The van der Waals surface area contributed by atoms with Gasteiger partial charge in [-0.15, -0.1) is 0 Å². The van der Waals surface area contributed by atoms with E-state index < -0.39 is 37.0 Å². The Bertz CT molecular complexity index is 1110. The lowest BCUT2D eigenvalue weighted by Crippen LogP contribution is -2.36. The quantitative estimate of drug-likeness (QED) is 0.144. The van der Waals surface area contributed by atoms with Gasteiger partial charge < -0.3 is 9.47 Å². The molecule has 0 amide bonds. The third-order valence-electron chi connectivity index (χ3n) is 5.30. The first kappa shape index (κ1) is 28.3. The van der Waals surface area contributed by atoms with Crippen molar-refractivity contribution in [2.24, 2.45) is 5.92 Å². The molecular weight excluding hydrogens is 479 g/mol. The van der Waals surface area contributed by atoms with Gasteiger partial charge in [0, 0.05) is 5.66 Å². The van der Waals surface area contributed by atoms with Crippen molar-refractivity contribution >= 4 is 30.5 Å². The van der Waals surface area contributed by atoms with Crippen LogP contribution in [0, 0.1) is 5.92 Å². The maximum absolute atomic E-state index is 13.2. The monoisotopic (exact) mass is 516 g/mol. The third kappa shape index (κ3) is 8.68. The van der Waals surface area contributed by atoms with Crippen molar-refractivity contribution in [2.45, 2.75) is 58.4 Å². The summed E-state index contributed by atoms with van der Waals surface area (Å²) >= 11 is 0. The zero-order valence-corrected chi connectivity index (χ0v) is 23.4. The molecule has 0 aliphatic heterocycles. The molecule has 3 aromatic carbocycles. The highest BCUT2D eigenvalue weighted by atomic mass is 31.1. The minimum Gasteiger partial charge on any atom is -0.459 e. The lowest BCUT2D eigenvalue weighted by atomic mass is 10.1. The van der Waals surface area contributed by atoms with Crippen molar-refractivity contribution in [2.75, 3.05) is 0 Å². The zero-order chi connectivity index (χ0) is 27.1. The number of hydrogen-bond donors (Lipinski definition) is 0. The Balaban J connectivity index is 2.11. The van der Waals surface area contributed by atoms with Gasteiger partial charge in [0.2, 0.25) is 0 Å². The van der Waals surface area contributed by atoms with Gasteiger partial charge in [0.05, 0.1) is 0 Å². The average molecular weight is 517 g/mol. The van der Waals surface area contributed by atoms with Gasteiger partial charge >= 0.3 is 11.9 Å². The van der Waals surface area contributed by atoms with E-state index in [0.717, 1.165) is 5.56 Å². The first-order valence-corrected chi connectivity index (χ1v) is 13.9. The lowest BCUT2D eigenvalue weighted by Gasteiger charge is -2.28. The van der Waals surface area contributed by atoms with Gasteiger partial charge in [0.15, 0.2) is 5.92 Å². The molecule has 0 spiro atoms. The maximum atomic E-state index is 13.2. The standard InChI is InChI=1S/C32H37O4P/c1-31(2,3)35-29(33)27(30(34)36-32(4,5)6)22-23-28(24-16-10-7-11-17-24)37(25-18-12-8-13-19-25)26-20-14-9-15-21-26/h7-23,27-28H,1-6H3/b23-22+. The van der Waals surface area contributed by atoms with E-state index in [1.807, 2.05) is 60.7 Å². The minimum absolute atomic E-state index is 0.0895. The number of hydrogen-bond acceptors (Lipinski definition) is 4. The Kier molecular flexibility index (Phi) is 9.45. The van der Waals surface area contributed by atoms with Crippen LogP contribution in [-0.4, -0.2) is 23.1 Å². The van der Waals surface area contributed by atoms with Crippen LogP contribution in [0.4, 0.5) is 0 Å². The Labute approximate surface area is 222 Å². The van der Waals surface area contributed by atoms with Crippen LogP contribution in [-0.2, 0) is 19.1 Å². The second kappa shape index (κ2) is 12.3. The summed E-state index contributed by atoms with van der Waals surface area (Å²) in [6.45, 7) is 10.7. The van der Waals surface area contributed by atoms with Crippen LogP contribution < -0.4 is 10.6 Å². The van der Waals surface area contributed by atoms with Gasteiger partial charge in [-0.05, 0) is 65.6 Å². The molecule has 0 saturated heterocycles. The van der Waals surface area contributed by atoms with E-state index in [-0.39, 0.29) is 5.66 Å². The number of carbonyl (C=O) groups excluding carboxylic acids is 2. The molecule has 0 saturated carbocycles. The van der Waals surface area contributed by atoms with Gasteiger partial charge in [0.25, 0.3) is 0 Å². The van der Waals surface area contributed by atoms with Crippen LogP contribution in [0.1, 0.15) is 52.8 Å². The van der Waals surface area contributed by atoms with Crippen LogP contribution in [0.2, 0.25) is 0 Å². The van der Waals surface area contributed by atoms with Crippen molar-refractivity contribution in [1.82, 2.24) is 0 Å². The predicted octanol–water partition coefficient (Wildman–Crippen LogP) is 6.72.